The molecule has 1 aromatic carbocycles. The summed E-state index contributed by atoms with van der Waals surface area (Å²) in [5.41, 5.74) is 6.79. The van der Waals surface area contributed by atoms with Crippen LogP contribution in [0.5, 0.6) is 0 Å². The first kappa shape index (κ1) is 16.0. The molecule has 5 nitrogen and oxygen atoms in total. The predicted octanol–water partition coefficient (Wildman–Crippen LogP) is 1.87. The van der Waals surface area contributed by atoms with Crippen molar-refractivity contribution >= 4 is 38.6 Å². The second-order valence-corrected chi connectivity index (χ2v) is 8.03. The van der Waals surface area contributed by atoms with Gasteiger partial charge in [-0.05, 0) is 31.5 Å². The van der Waals surface area contributed by atoms with Gasteiger partial charge in [-0.1, -0.05) is 18.3 Å². The molecular weight excluding hydrogens is 326 g/mol. The fourth-order valence-electron chi connectivity index (χ4n) is 1.82. The zero-order chi connectivity index (χ0) is 15.6. The van der Waals surface area contributed by atoms with Crippen LogP contribution in [0.4, 0.5) is 0 Å². The number of benzene rings is 1. The molecule has 2 aromatic rings. The molecule has 0 radical (unpaired) electrons. The van der Waals surface area contributed by atoms with Gasteiger partial charge in [0.25, 0.3) is 0 Å². The maximum absolute atomic E-state index is 12.3. The van der Waals surface area contributed by atoms with E-state index >= 15 is 0 Å². The Labute approximate surface area is 133 Å². The lowest BCUT2D eigenvalue weighted by atomic mass is 10.1. The van der Waals surface area contributed by atoms with Crippen LogP contribution in [0, 0.1) is 13.8 Å². The maximum atomic E-state index is 12.3. The van der Waals surface area contributed by atoms with E-state index in [9.17, 15) is 8.42 Å². The van der Waals surface area contributed by atoms with E-state index in [1.165, 1.54) is 17.4 Å². The minimum absolute atomic E-state index is 0.178. The summed E-state index contributed by atoms with van der Waals surface area (Å²) in [7, 11) is -3.59. The summed E-state index contributed by atoms with van der Waals surface area (Å²) in [4.78, 5) is 5.64. The molecule has 3 N–H and O–H groups in total. The standard InChI is InChI=1S/C13H15N3O2S3/c1-8-5-10(13(14)19)3-4-11(8)21(17,18)16-7-12-15-6-9(2)20-12/h3-6,16H,7H2,1-2H3,(H2,14,19). The molecule has 112 valence electrons. The van der Waals surface area contributed by atoms with E-state index in [-0.39, 0.29) is 16.4 Å². The minimum Gasteiger partial charge on any atom is -0.389 e. The van der Waals surface area contributed by atoms with Gasteiger partial charge in [-0.3, -0.25) is 0 Å². The number of rotatable bonds is 5. The van der Waals surface area contributed by atoms with Crippen LogP contribution in [0.3, 0.4) is 0 Å². The van der Waals surface area contributed by atoms with Crippen LogP contribution in [0.15, 0.2) is 29.3 Å². The van der Waals surface area contributed by atoms with Crippen molar-refractivity contribution in [2.24, 2.45) is 5.73 Å². The van der Waals surface area contributed by atoms with Gasteiger partial charge in [-0.2, -0.15) is 0 Å². The molecule has 1 aromatic heterocycles. The molecule has 0 aliphatic rings. The summed E-state index contributed by atoms with van der Waals surface area (Å²) in [6, 6.07) is 4.79. The van der Waals surface area contributed by atoms with Gasteiger partial charge in [0.05, 0.1) is 11.4 Å². The summed E-state index contributed by atoms with van der Waals surface area (Å²) >= 11 is 6.34. The number of nitrogens with zero attached hydrogens (tertiary/aromatic N) is 1. The normalized spacial score (nSPS) is 11.5. The van der Waals surface area contributed by atoms with Crippen LogP contribution in [0.2, 0.25) is 0 Å². The van der Waals surface area contributed by atoms with Gasteiger partial charge < -0.3 is 5.73 Å². The molecule has 0 atom stereocenters. The van der Waals surface area contributed by atoms with E-state index in [2.05, 4.69) is 9.71 Å². The number of aryl methyl sites for hydroxylation is 2. The molecule has 0 amide bonds. The molecule has 0 spiro atoms. The largest absolute Gasteiger partial charge is 0.389 e. The monoisotopic (exact) mass is 341 g/mol. The molecular formula is C13H15N3O2S3. The number of nitrogens with two attached hydrogens (primary N) is 1. The van der Waals surface area contributed by atoms with Gasteiger partial charge in [0.15, 0.2) is 0 Å². The van der Waals surface area contributed by atoms with Gasteiger partial charge >= 0.3 is 0 Å². The van der Waals surface area contributed by atoms with E-state index in [0.29, 0.717) is 11.1 Å². The van der Waals surface area contributed by atoms with Crippen LogP contribution < -0.4 is 10.5 Å². The molecule has 0 saturated heterocycles. The van der Waals surface area contributed by atoms with Crippen molar-refractivity contribution in [2.75, 3.05) is 0 Å². The molecule has 0 fully saturated rings. The van der Waals surface area contributed by atoms with Crippen molar-refractivity contribution in [3.63, 3.8) is 0 Å². The van der Waals surface area contributed by atoms with Crippen LogP contribution in [0.1, 0.15) is 21.0 Å². The lowest BCUT2D eigenvalue weighted by Crippen LogP contribution is -2.24. The van der Waals surface area contributed by atoms with Crippen LogP contribution >= 0.6 is 23.6 Å². The van der Waals surface area contributed by atoms with Crippen LogP contribution in [0.25, 0.3) is 0 Å². The topological polar surface area (TPSA) is 85.1 Å². The van der Waals surface area contributed by atoms with Crippen molar-refractivity contribution < 1.29 is 8.42 Å². The summed E-state index contributed by atoms with van der Waals surface area (Å²) in [6.45, 7) is 3.81. The van der Waals surface area contributed by atoms with E-state index in [0.717, 1.165) is 9.88 Å². The average Bonchev–Trinajstić information content (AvgIpc) is 2.82. The Balaban J connectivity index is 2.21. The second-order valence-electron chi connectivity index (χ2n) is 4.53. The molecule has 0 bridgehead atoms. The third-order valence-electron chi connectivity index (χ3n) is 2.83. The highest BCUT2D eigenvalue weighted by molar-refractivity contribution is 7.89. The fraction of sp³-hybridized carbons (Fsp3) is 0.231. The van der Waals surface area contributed by atoms with Gasteiger partial charge in [-0.25, -0.2) is 18.1 Å². The smallest absolute Gasteiger partial charge is 0.241 e. The Bertz CT molecular complexity index is 782. The fourth-order valence-corrected chi connectivity index (χ4v) is 3.98. The molecule has 21 heavy (non-hydrogen) atoms. The summed E-state index contributed by atoms with van der Waals surface area (Å²) in [5, 5.41) is 0.730. The first-order chi connectivity index (χ1) is 9.79. The highest BCUT2D eigenvalue weighted by Gasteiger charge is 2.17. The average molecular weight is 341 g/mol. The van der Waals surface area contributed by atoms with Crippen molar-refractivity contribution in [1.82, 2.24) is 9.71 Å². The quantitative estimate of drug-likeness (QED) is 0.811. The van der Waals surface area contributed by atoms with Gasteiger partial charge in [0.1, 0.15) is 10.00 Å². The third-order valence-corrected chi connectivity index (χ3v) is 5.54. The van der Waals surface area contributed by atoms with Crippen molar-refractivity contribution in [1.29, 1.82) is 0 Å². The molecule has 0 aliphatic carbocycles. The van der Waals surface area contributed by atoms with Crippen molar-refractivity contribution in [3.05, 3.63) is 45.4 Å². The lowest BCUT2D eigenvalue weighted by Gasteiger charge is -2.09. The van der Waals surface area contributed by atoms with Gasteiger partial charge in [0, 0.05) is 16.6 Å². The van der Waals surface area contributed by atoms with E-state index in [4.69, 9.17) is 18.0 Å². The zero-order valence-corrected chi connectivity index (χ0v) is 14.0. The first-order valence-corrected chi connectivity index (χ1v) is 8.82. The lowest BCUT2D eigenvalue weighted by molar-refractivity contribution is 0.580. The van der Waals surface area contributed by atoms with Gasteiger partial charge in [0.2, 0.25) is 10.0 Å². The SMILES string of the molecule is Cc1cnc(CNS(=O)(=O)c2ccc(C(N)=S)cc2C)s1. The summed E-state index contributed by atoms with van der Waals surface area (Å²) in [6.07, 6.45) is 1.72. The predicted molar refractivity (Wildman–Crippen MR) is 87.9 cm³/mol. The molecule has 8 heteroatoms. The number of hydrogen-bond donors (Lipinski definition) is 2. The maximum Gasteiger partial charge on any atom is 0.241 e. The number of nitrogens with one attached hydrogen (secondary N) is 1. The van der Waals surface area contributed by atoms with Crippen molar-refractivity contribution in [2.45, 2.75) is 25.3 Å². The number of aromatic nitrogens is 1. The Kier molecular flexibility index (Phi) is 4.72. The van der Waals surface area contributed by atoms with E-state index in [1.54, 1.807) is 25.3 Å². The Hall–Kier alpha value is -1.35. The Morgan fingerprint density at radius 1 is 1.43 bits per heavy atom. The molecule has 1 heterocycles. The highest BCUT2D eigenvalue weighted by Crippen LogP contribution is 2.18. The number of thiocarbonyl (C=S) groups is 1. The van der Waals surface area contributed by atoms with Crippen LogP contribution in [-0.2, 0) is 16.6 Å². The zero-order valence-electron chi connectivity index (χ0n) is 11.6. The summed E-state index contributed by atoms with van der Waals surface area (Å²) < 4.78 is 27.2. The summed E-state index contributed by atoms with van der Waals surface area (Å²) in [5.74, 6) is 0. The van der Waals surface area contributed by atoms with Gasteiger partial charge in [-0.15, -0.1) is 11.3 Å². The number of thiazole rings is 1. The number of hydrogen-bond acceptors (Lipinski definition) is 5. The van der Waals surface area contributed by atoms with Crippen LogP contribution in [-0.4, -0.2) is 18.4 Å². The highest BCUT2D eigenvalue weighted by atomic mass is 32.2. The second kappa shape index (κ2) is 6.18. The van der Waals surface area contributed by atoms with E-state index in [1.807, 2.05) is 6.92 Å². The number of sulfonamides is 1. The molecule has 0 saturated carbocycles. The molecule has 2 rings (SSSR count). The Morgan fingerprint density at radius 2 is 2.14 bits per heavy atom. The van der Waals surface area contributed by atoms with E-state index < -0.39 is 10.0 Å². The Morgan fingerprint density at radius 3 is 2.67 bits per heavy atom. The third kappa shape index (κ3) is 3.85. The molecule has 0 aliphatic heterocycles. The molecule has 0 unspecified atom stereocenters. The van der Waals surface area contributed by atoms with Crippen molar-refractivity contribution in [3.8, 4) is 0 Å². The minimum atomic E-state index is -3.59. The first-order valence-electron chi connectivity index (χ1n) is 6.11.